The van der Waals surface area contributed by atoms with Crippen LogP contribution in [0.3, 0.4) is 0 Å². The molecular weight excluding hydrogens is 491 g/mol. The van der Waals surface area contributed by atoms with Crippen molar-refractivity contribution in [1.82, 2.24) is 19.9 Å². The maximum absolute atomic E-state index is 12.4. The number of aryl methyl sites for hydroxylation is 2. The first kappa shape index (κ1) is 23.5. The number of halogens is 3. The van der Waals surface area contributed by atoms with E-state index in [0.29, 0.717) is 12.0 Å². The number of oxazole rings is 4. The fourth-order valence-corrected chi connectivity index (χ4v) is 3.00. The molecule has 0 amide bonds. The van der Waals surface area contributed by atoms with Gasteiger partial charge in [-0.05, 0) is 13.8 Å². The highest BCUT2D eigenvalue weighted by molar-refractivity contribution is 7.87. The van der Waals surface area contributed by atoms with Crippen molar-refractivity contribution in [2.75, 3.05) is 6.61 Å². The zero-order valence-electron chi connectivity index (χ0n) is 17.2. The van der Waals surface area contributed by atoms with E-state index in [1.54, 1.807) is 13.8 Å². The molecule has 4 rings (SSSR count). The number of hydrogen-bond acceptors (Lipinski definition) is 13. The molecule has 0 spiro atoms. The third-order valence-electron chi connectivity index (χ3n) is 4.21. The van der Waals surface area contributed by atoms with Gasteiger partial charge in [0, 0.05) is 0 Å². The molecule has 4 heterocycles. The minimum atomic E-state index is -5.92. The van der Waals surface area contributed by atoms with Crippen molar-refractivity contribution < 1.29 is 48.5 Å². The summed E-state index contributed by atoms with van der Waals surface area (Å²) in [5.74, 6) is -0.657. The van der Waals surface area contributed by atoms with Gasteiger partial charge in [-0.3, -0.25) is 0 Å². The van der Waals surface area contributed by atoms with Gasteiger partial charge in [0.1, 0.15) is 23.8 Å². The molecule has 4 aromatic heterocycles. The van der Waals surface area contributed by atoms with E-state index in [1.807, 2.05) is 0 Å². The molecule has 34 heavy (non-hydrogen) atoms. The summed E-state index contributed by atoms with van der Waals surface area (Å²) >= 11 is 0. The molecule has 182 valence electrons. The van der Waals surface area contributed by atoms with Crippen molar-refractivity contribution in [3.63, 3.8) is 0 Å². The van der Waals surface area contributed by atoms with Gasteiger partial charge in [-0.25, -0.2) is 15.0 Å². The van der Waals surface area contributed by atoms with Crippen LogP contribution in [0.25, 0.3) is 34.8 Å². The monoisotopic (exact) mass is 505 g/mol. The Bertz CT molecular complexity index is 1440. The largest absolute Gasteiger partial charge is 0.534 e. The van der Waals surface area contributed by atoms with Gasteiger partial charge in [-0.1, -0.05) is 0 Å². The minimum absolute atomic E-state index is 0.0501. The molecule has 0 bridgehead atoms. The molecule has 4 aromatic rings. The second-order valence-corrected chi connectivity index (χ2v) is 8.22. The summed E-state index contributed by atoms with van der Waals surface area (Å²) in [6, 6.07) is -0.835. The SMILES string of the molecule is Cc1oc(-c2nc([C@@H](N)CO)oc2C)nc1-c1nc(-c2nc(OS(=O)(=O)C(F)(F)F)co2)co1. The number of nitrogens with zero attached hydrogens (tertiary/aromatic N) is 4. The van der Waals surface area contributed by atoms with Gasteiger partial charge in [-0.15, -0.1) is 0 Å². The molecule has 0 saturated heterocycles. The van der Waals surface area contributed by atoms with Crippen LogP contribution in [-0.2, 0) is 10.1 Å². The van der Waals surface area contributed by atoms with E-state index in [4.69, 9.17) is 28.5 Å². The second kappa shape index (κ2) is 8.26. The number of alkyl halides is 3. The molecule has 0 aliphatic rings. The summed E-state index contributed by atoms with van der Waals surface area (Å²) in [6.45, 7) is 2.77. The topological polar surface area (TPSA) is 194 Å². The summed E-state index contributed by atoms with van der Waals surface area (Å²) in [5, 5.41) is 9.16. The van der Waals surface area contributed by atoms with E-state index in [0.717, 1.165) is 6.26 Å². The summed E-state index contributed by atoms with van der Waals surface area (Å²) in [6.07, 6.45) is 1.62. The van der Waals surface area contributed by atoms with Crippen LogP contribution in [-0.4, -0.2) is 45.6 Å². The average Bonchev–Trinajstić information content (AvgIpc) is 3.52. The first-order valence-electron chi connectivity index (χ1n) is 9.13. The van der Waals surface area contributed by atoms with E-state index in [2.05, 4.69) is 24.1 Å². The molecule has 0 saturated carbocycles. The smallest absolute Gasteiger partial charge is 0.443 e. The third-order valence-corrected chi connectivity index (χ3v) is 5.17. The lowest BCUT2D eigenvalue weighted by molar-refractivity contribution is -0.0501. The van der Waals surface area contributed by atoms with Crippen molar-refractivity contribution >= 4 is 10.1 Å². The lowest BCUT2D eigenvalue weighted by atomic mass is 10.3. The van der Waals surface area contributed by atoms with Crippen LogP contribution in [0.1, 0.15) is 23.5 Å². The Morgan fingerprint density at radius 1 is 1.00 bits per heavy atom. The lowest BCUT2D eigenvalue weighted by Crippen LogP contribution is -2.28. The van der Waals surface area contributed by atoms with Gasteiger partial charge < -0.3 is 32.7 Å². The van der Waals surface area contributed by atoms with Crippen molar-refractivity contribution in [3.05, 3.63) is 29.9 Å². The Kier molecular flexibility index (Phi) is 5.70. The van der Waals surface area contributed by atoms with Gasteiger partial charge in [0.25, 0.3) is 11.8 Å². The molecule has 0 unspecified atom stereocenters. The van der Waals surface area contributed by atoms with Crippen molar-refractivity contribution in [2.45, 2.75) is 25.4 Å². The Balaban J connectivity index is 1.59. The van der Waals surface area contributed by atoms with E-state index >= 15 is 0 Å². The molecule has 0 radical (unpaired) electrons. The first-order valence-corrected chi connectivity index (χ1v) is 10.5. The molecule has 3 N–H and O–H groups in total. The predicted octanol–water partition coefficient (Wildman–Crippen LogP) is 2.48. The zero-order valence-corrected chi connectivity index (χ0v) is 18.0. The molecule has 0 aromatic carbocycles. The normalized spacial score (nSPS) is 13.4. The fourth-order valence-electron chi connectivity index (χ4n) is 2.60. The number of rotatable bonds is 7. The van der Waals surface area contributed by atoms with Gasteiger partial charge >= 0.3 is 15.6 Å². The van der Waals surface area contributed by atoms with Crippen LogP contribution in [0.5, 0.6) is 5.88 Å². The van der Waals surface area contributed by atoms with Crippen molar-refractivity contribution in [1.29, 1.82) is 0 Å². The van der Waals surface area contributed by atoms with Crippen LogP contribution >= 0.6 is 0 Å². The molecule has 0 fully saturated rings. The highest BCUT2D eigenvalue weighted by atomic mass is 32.2. The molecule has 0 aliphatic heterocycles. The van der Waals surface area contributed by atoms with Gasteiger partial charge in [0.05, 0.1) is 6.61 Å². The predicted molar refractivity (Wildman–Crippen MR) is 102 cm³/mol. The molecule has 1 atom stereocenters. The number of nitrogens with two attached hydrogens (primary N) is 1. The quantitative estimate of drug-likeness (QED) is 0.275. The van der Waals surface area contributed by atoms with Crippen molar-refractivity contribution in [3.8, 4) is 40.6 Å². The van der Waals surface area contributed by atoms with Crippen molar-refractivity contribution in [2.24, 2.45) is 5.73 Å². The summed E-state index contributed by atoms with van der Waals surface area (Å²) < 4.78 is 84.6. The Labute approximate surface area is 187 Å². The summed E-state index contributed by atoms with van der Waals surface area (Å²) in [4.78, 5) is 16.0. The Hall–Kier alpha value is -3.70. The van der Waals surface area contributed by atoms with E-state index < -0.39 is 27.5 Å². The maximum Gasteiger partial charge on any atom is 0.534 e. The summed E-state index contributed by atoms with van der Waals surface area (Å²) in [5.41, 5.74) is 0.361. The fraction of sp³-hybridized carbons (Fsp3) is 0.294. The number of aliphatic hydroxyl groups is 1. The number of aromatic nitrogens is 4. The van der Waals surface area contributed by atoms with Crippen LogP contribution in [0.2, 0.25) is 0 Å². The van der Waals surface area contributed by atoms with E-state index in [-0.39, 0.29) is 53.0 Å². The van der Waals surface area contributed by atoms with E-state index in [9.17, 15) is 21.6 Å². The second-order valence-electron chi connectivity index (χ2n) is 6.68. The zero-order chi connectivity index (χ0) is 24.8. The third kappa shape index (κ3) is 4.27. The average molecular weight is 505 g/mol. The van der Waals surface area contributed by atoms with Crippen LogP contribution in [0.4, 0.5) is 13.2 Å². The molecular formula is C17H14F3N5O8S. The standard InChI is InChI=1S/C17H14F3N5O8S/c1-6-11(25-16(32-6)12-7(2)31-13(24-12)8(21)3-26)15-22-9(4-29-15)14-23-10(5-30-14)33-34(27,28)17(18,19)20/h4-5,8,26H,3,21H2,1-2H3/t8-/m0/s1. The molecule has 0 aliphatic carbocycles. The number of aliphatic hydroxyl groups excluding tert-OH is 1. The van der Waals surface area contributed by atoms with E-state index in [1.165, 1.54) is 0 Å². The first-order chi connectivity index (χ1) is 15.9. The lowest BCUT2D eigenvalue weighted by Gasteiger charge is -2.05. The maximum atomic E-state index is 12.4. The van der Waals surface area contributed by atoms with Gasteiger partial charge in [-0.2, -0.15) is 26.6 Å². The Morgan fingerprint density at radius 3 is 2.32 bits per heavy atom. The highest BCUT2D eigenvalue weighted by Gasteiger charge is 2.49. The Morgan fingerprint density at radius 2 is 1.65 bits per heavy atom. The van der Waals surface area contributed by atoms with Crippen LogP contribution in [0, 0.1) is 13.8 Å². The van der Waals surface area contributed by atoms with Crippen LogP contribution in [0.15, 0.2) is 30.2 Å². The molecule has 17 heteroatoms. The van der Waals surface area contributed by atoms with Crippen LogP contribution < -0.4 is 9.92 Å². The highest BCUT2D eigenvalue weighted by Crippen LogP contribution is 2.33. The minimum Gasteiger partial charge on any atom is -0.443 e. The summed E-state index contributed by atoms with van der Waals surface area (Å²) in [7, 11) is -5.92. The van der Waals surface area contributed by atoms with Gasteiger partial charge in [0.15, 0.2) is 23.3 Å². The van der Waals surface area contributed by atoms with Gasteiger partial charge in [0.2, 0.25) is 17.7 Å². The molecule has 13 nitrogen and oxygen atoms in total. The number of hydrogen-bond donors (Lipinski definition) is 2.